The van der Waals surface area contributed by atoms with Crippen LogP contribution in [0.2, 0.25) is 0 Å². The van der Waals surface area contributed by atoms with E-state index in [1.165, 1.54) is 13.0 Å². The van der Waals surface area contributed by atoms with Gasteiger partial charge in [0.1, 0.15) is 0 Å². The van der Waals surface area contributed by atoms with E-state index in [0.29, 0.717) is 9.13 Å². The van der Waals surface area contributed by atoms with E-state index >= 15 is 0 Å². The molecule has 0 saturated carbocycles. The molecule has 1 aromatic carbocycles. The summed E-state index contributed by atoms with van der Waals surface area (Å²) < 4.78 is 5.91. The van der Waals surface area contributed by atoms with Gasteiger partial charge in [0.05, 0.1) is 0 Å². The molecule has 1 heterocycles. The molecule has 90 valence electrons. The molecule has 1 aliphatic rings. The Balaban J connectivity index is 2.49. The normalized spacial score (nSPS) is 15.7. The molecule has 0 spiro atoms. The Morgan fingerprint density at radius 3 is 2.71 bits per heavy atom. The van der Waals surface area contributed by atoms with Gasteiger partial charge in [0.15, 0.2) is 0 Å². The van der Waals surface area contributed by atoms with Gasteiger partial charge in [-0.3, -0.25) is 0 Å². The van der Waals surface area contributed by atoms with Crippen molar-refractivity contribution in [2.75, 3.05) is 0 Å². The van der Waals surface area contributed by atoms with Crippen molar-refractivity contribution < 1.29 is 17.8 Å². The molecule has 1 aliphatic heterocycles. The maximum absolute atomic E-state index is 11.9. The van der Waals surface area contributed by atoms with Crippen LogP contribution in [0, 0.1) is 13.7 Å². The van der Waals surface area contributed by atoms with Crippen LogP contribution in [0.15, 0.2) is 24.3 Å². The molecule has 0 unspecified atom stereocenters. The Morgan fingerprint density at radius 1 is 1.47 bits per heavy atom. The van der Waals surface area contributed by atoms with Crippen LogP contribution in [0.3, 0.4) is 0 Å². The van der Waals surface area contributed by atoms with Gasteiger partial charge >= 0.3 is 104 Å². The molecule has 17 heavy (non-hydrogen) atoms. The summed E-state index contributed by atoms with van der Waals surface area (Å²) in [7, 11) is 0. The van der Waals surface area contributed by atoms with Gasteiger partial charge in [-0.1, -0.05) is 0 Å². The molecule has 0 bridgehead atoms. The molecule has 2 rings (SSSR count). The zero-order chi connectivity index (χ0) is 12.6. The van der Waals surface area contributed by atoms with E-state index in [1.807, 2.05) is 0 Å². The summed E-state index contributed by atoms with van der Waals surface area (Å²) >= 11 is -3.03. The van der Waals surface area contributed by atoms with Crippen LogP contribution in [-0.2, 0) is 7.96 Å². The molecular weight excluding hydrogens is 343 g/mol. The number of nitrogens with zero attached hydrogens (tertiary/aromatic N) is 2. The van der Waals surface area contributed by atoms with E-state index in [1.54, 1.807) is 18.2 Å². The second-order valence-electron chi connectivity index (χ2n) is 3.11. The third kappa shape index (κ3) is 1.95. The SMILES string of the molecule is CC(=O)N1C(=O)c2ccccc2I1O[N+](=O)[O-]. The van der Waals surface area contributed by atoms with Gasteiger partial charge in [0.25, 0.3) is 0 Å². The Bertz CT molecular complexity index is 518. The average molecular weight is 350 g/mol. The standard InChI is InChI=1S/C9H7IN2O5/c1-6(13)11-9(14)7-4-2-3-5-8(7)10(11)17-12(15)16/h2-5H,1H3. The molecule has 8 heteroatoms. The van der Waals surface area contributed by atoms with Crippen LogP contribution in [0.4, 0.5) is 0 Å². The van der Waals surface area contributed by atoms with Gasteiger partial charge in [-0.15, -0.1) is 0 Å². The van der Waals surface area contributed by atoms with Crippen LogP contribution >= 0.6 is 20.5 Å². The quantitative estimate of drug-likeness (QED) is 0.348. The molecular formula is C9H7IN2O5. The van der Waals surface area contributed by atoms with E-state index < -0.39 is 37.4 Å². The van der Waals surface area contributed by atoms with Gasteiger partial charge in [0.2, 0.25) is 0 Å². The van der Waals surface area contributed by atoms with Crippen molar-refractivity contribution in [3.05, 3.63) is 43.5 Å². The Labute approximate surface area is 104 Å². The van der Waals surface area contributed by atoms with E-state index in [0.717, 1.165) is 3.11 Å². The summed E-state index contributed by atoms with van der Waals surface area (Å²) in [5.41, 5.74) is 0.315. The second kappa shape index (κ2) is 4.28. The first-order chi connectivity index (χ1) is 8.02. The third-order valence-electron chi connectivity index (χ3n) is 2.01. The average Bonchev–Trinajstić information content (AvgIpc) is 2.52. The fourth-order valence-corrected chi connectivity index (χ4v) is 5.33. The molecule has 0 aliphatic carbocycles. The number of carbonyl (C=O) groups excluding carboxylic acids is 2. The van der Waals surface area contributed by atoms with E-state index in [4.69, 9.17) is 0 Å². The number of imide groups is 1. The van der Waals surface area contributed by atoms with E-state index in [9.17, 15) is 19.7 Å². The van der Waals surface area contributed by atoms with Gasteiger partial charge in [-0.25, -0.2) is 0 Å². The molecule has 0 fully saturated rings. The maximum atomic E-state index is 11.9. The Morgan fingerprint density at radius 2 is 2.12 bits per heavy atom. The summed E-state index contributed by atoms with van der Waals surface area (Å²) in [5, 5.41) is 9.46. The number of rotatable bonds is 2. The van der Waals surface area contributed by atoms with E-state index in [-0.39, 0.29) is 0 Å². The van der Waals surface area contributed by atoms with Crippen LogP contribution in [0.1, 0.15) is 17.3 Å². The number of amides is 2. The van der Waals surface area contributed by atoms with Crippen LogP contribution in [0.25, 0.3) is 0 Å². The first-order valence-corrected chi connectivity index (χ1v) is 7.42. The molecule has 1 aromatic rings. The summed E-state index contributed by atoms with van der Waals surface area (Å²) in [6.45, 7) is 1.19. The van der Waals surface area contributed by atoms with Gasteiger partial charge in [-0.05, 0) is 0 Å². The molecule has 0 radical (unpaired) electrons. The first-order valence-electron chi connectivity index (χ1n) is 4.49. The third-order valence-corrected chi connectivity index (χ3v) is 6.63. The van der Waals surface area contributed by atoms with E-state index in [2.05, 4.69) is 3.17 Å². The van der Waals surface area contributed by atoms with Crippen molar-refractivity contribution in [3.63, 3.8) is 0 Å². The summed E-state index contributed by atoms with van der Waals surface area (Å²) in [4.78, 5) is 33.6. The fourth-order valence-electron chi connectivity index (χ4n) is 1.41. The van der Waals surface area contributed by atoms with Gasteiger partial charge in [-0.2, -0.15) is 0 Å². The van der Waals surface area contributed by atoms with Crippen molar-refractivity contribution in [2.45, 2.75) is 6.92 Å². The zero-order valence-corrected chi connectivity index (χ0v) is 10.8. The minimum atomic E-state index is -3.03. The topological polar surface area (TPSA) is 89.8 Å². The van der Waals surface area contributed by atoms with Gasteiger partial charge < -0.3 is 0 Å². The predicted octanol–water partition coefficient (Wildman–Crippen LogP) is 1.40. The number of carbonyl (C=O) groups is 2. The van der Waals surface area contributed by atoms with Crippen LogP contribution in [0.5, 0.6) is 0 Å². The molecule has 0 N–H and O–H groups in total. The summed E-state index contributed by atoms with van der Waals surface area (Å²) in [6, 6.07) is 6.42. The van der Waals surface area contributed by atoms with Crippen molar-refractivity contribution in [3.8, 4) is 0 Å². The van der Waals surface area contributed by atoms with Gasteiger partial charge in [0, 0.05) is 0 Å². The second-order valence-corrected chi connectivity index (χ2v) is 6.95. The molecule has 7 nitrogen and oxygen atoms in total. The van der Waals surface area contributed by atoms with Crippen LogP contribution in [-0.4, -0.2) is 20.0 Å². The number of hydrogen-bond acceptors (Lipinski definition) is 5. The minimum absolute atomic E-state index is 0.315. The summed E-state index contributed by atoms with van der Waals surface area (Å²) in [6.07, 6.45) is 0. The molecule has 0 aromatic heterocycles. The number of hydrogen-bond donors (Lipinski definition) is 0. The Hall–Kier alpha value is -1.71. The molecule has 0 atom stereocenters. The number of fused-ring (bicyclic) bond motifs is 1. The van der Waals surface area contributed by atoms with Crippen molar-refractivity contribution >= 4 is 32.3 Å². The van der Waals surface area contributed by atoms with Crippen molar-refractivity contribution in [2.24, 2.45) is 0 Å². The number of halogens is 1. The Kier molecular flexibility index (Phi) is 2.96. The first kappa shape index (κ1) is 11.8. The fraction of sp³-hybridized carbons (Fsp3) is 0.111. The predicted molar refractivity (Wildman–Crippen MR) is 64.1 cm³/mol. The molecule has 0 saturated heterocycles. The monoisotopic (exact) mass is 350 g/mol. The zero-order valence-electron chi connectivity index (χ0n) is 8.62. The van der Waals surface area contributed by atoms with Crippen molar-refractivity contribution in [1.82, 2.24) is 3.11 Å². The van der Waals surface area contributed by atoms with Crippen molar-refractivity contribution in [1.29, 1.82) is 0 Å². The molecule has 2 amide bonds. The van der Waals surface area contributed by atoms with Crippen LogP contribution < -0.4 is 0 Å². The summed E-state index contributed by atoms with van der Waals surface area (Å²) in [5.74, 6) is -1.04. The number of benzene rings is 1.